The molecule has 0 aromatic heterocycles. The lowest BCUT2D eigenvalue weighted by Gasteiger charge is -2.32. The van der Waals surface area contributed by atoms with Crippen LogP contribution in [0, 0.1) is 0 Å². The summed E-state index contributed by atoms with van der Waals surface area (Å²) < 4.78 is 13.5. The molecule has 0 saturated carbocycles. The van der Waals surface area contributed by atoms with E-state index in [2.05, 4.69) is 37.9 Å². The van der Waals surface area contributed by atoms with Crippen molar-refractivity contribution in [1.29, 1.82) is 0 Å². The van der Waals surface area contributed by atoms with Crippen LogP contribution in [-0.2, 0) is 0 Å². The monoisotopic (exact) mass is 295 g/mol. The van der Waals surface area contributed by atoms with E-state index in [1.54, 1.807) is 6.08 Å². The molecular weight excluding hydrogens is 265 g/mol. The van der Waals surface area contributed by atoms with E-state index in [-0.39, 0.29) is 12.4 Å². The van der Waals surface area contributed by atoms with Gasteiger partial charge >= 0.3 is 0 Å². The van der Waals surface area contributed by atoms with Crippen molar-refractivity contribution in [1.82, 2.24) is 10.2 Å². The lowest BCUT2D eigenvalue weighted by atomic mass is 9.99. The van der Waals surface area contributed by atoms with Gasteiger partial charge in [0.1, 0.15) is 11.6 Å². The van der Waals surface area contributed by atoms with E-state index in [0.29, 0.717) is 17.9 Å². The van der Waals surface area contributed by atoms with Crippen LogP contribution in [0.25, 0.3) is 0 Å². The number of allylic oxidation sites excluding steroid dienone is 3. The van der Waals surface area contributed by atoms with E-state index in [1.807, 2.05) is 13.0 Å². The molecule has 120 valence electrons. The van der Waals surface area contributed by atoms with Crippen molar-refractivity contribution in [2.45, 2.75) is 59.5 Å². The summed E-state index contributed by atoms with van der Waals surface area (Å²) in [5.74, 6) is 0.408. The van der Waals surface area contributed by atoms with Crippen molar-refractivity contribution in [2.24, 2.45) is 5.73 Å². The molecule has 21 heavy (non-hydrogen) atoms. The maximum Gasteiger partial charge on any atom is 0.120 e. The van der Waals surface area contributed by atoms with Crippen LogP contribution in [0.1, 0.15) is 47.5 Å². The highest BCUT2D eigenvalue weighted by Crippen LogP contribution is 2.23. The number of nitrogens with zero attached hydrogens (tertiary/aromatic N) is 1. The molecule has 0 fully saturated rings. The van der Waals surface area contributed by atoms with E-state index in [9.17, 15) is 4.39 Å². The number of rotatable bonds is 7. The highest BCUT2D eigenvalue weighted by Gasteiger charge is 2.18. The molecule has 1 unspecified atom stereocenters. The van der Waals surface area contributed by atoms with Crippen molar-refractivity contribution >= 4 is 0 Å². The maximum atomic E-state index is 13.5. The average Bonchev–Trinajstić information content (AvgIpc) is 2.45. The molecule has 1 heterocycles. The Morgan fingerprint density at radius 3 is 2.67 bits per heavy atom. The third-order valence-corrected chi connectivity index (χ3v) is 4.19. The number of nitrogens with one attached hydrogen (secondary N) is 1. The second-order valence-corrected chi connectivity index (χ2v) is 5.92. The summed E-state index contributed by atoms with van der Waals surface area (Å²) in [5.41, 5.74) is 7.87. The summed E-state index contributed by atoms with van der Waals surface area (Å²) in [4.78, 5) is 2.48. The van der Waals surface area contributed by atoms with Gasteiger partial charge in [-0.3, -0.25) is 4.90 Å². The summed E-state index contributed by atoms with van der Waals surface area (Å²) >= 11 is 0. The zero-order valence-corrected chi connectivity index (χ0v) is 14.0. The van der Waals surface area contributed by atoms with Gasteiger partial charge in [-0.25, -0.2) is 4.39 Å². The molecule has 0 bridgehead atoms. The maximum absolute atomic E-state index is 13.5. The van der Waals surface area contributed by atoms with Gasteiger partial charge in [-0.15, -0.1) is 0 Å². The van der Waals surface area contributed by atoms with Gasteiger partial charge in [0.2, 0.25) is 0 Å². The van der Waals surface area contributed by atoms with Crippen molar-refractivity contribution in [3.05, 3.63) is 34.9 Å². The second-order valence-electron chi connectivity index (χ2n) is 5.92. The van der Waals surface area contributed by atoms with Crippen molar-refractivity contribution in [3.8, 4) is 0 Å². The largest absolute Gasteiger partial charge is 0.385 e. The summed E-state index contributed by atoms with van der Waals surface area (Å²) in [7, 11) is 0. The lowest BCUT2D eigenvalue weighted by Crippen LogP contribution is -2.39. The first-order valence-corrected chi connectivity index (χ1v) is 7.91. The topological polar surface area (TPSA) is 41.3 Å². The second kappa shape index (κ2) is 8.23. The third-order valence-electron chi connectivity index (χ3n) is 4.19. The zero-order chi connectivity index (χ0) is 16.0. The van der Waals surface area contributed by atoms with Crippen LogP contribution in [0.15, 0.2) is 34.9 Å². The van der Waals surface area contributed by atoms with Crippen LogP contribution in [0.2, 0.25) is 0 Å². The van der Waals surface area contributed by atoms with Crippen LogP contribution >= 0.6 is 0 Å². The first kappa shape index (κ1) is 17.8. The molecule has 0 radical (unpaired) electrons. The molecule has 4 heteroatoms. The third kappa shape index (κ3) is 4.88. The normalized spacial score (nSPS) is 18.1. The van der Waals surface area contributed by atoms with Crippen molar-refractivity contribution < 1.29 is 4.39 Å². The first-order chi connectivity index (χ1) is 9.90. The Hall–Kier alpha value is -1.29. The number of halogens is 1. The van der Waals surface area contributed by atoms with E-state index in [4.69, 9.17) is 5.73 Å². The number of dihydropyridines is 1. The predicted octanol–water partition coefficient (Wildman–Crippen LogP) is 3.46. The SMILES string of the molecule is C/C=C(/CCN(C(C)C)C(C)CC)C1=C(N)NCC(F)=C1. The molecule has 0 aromatic carbocycles. The number of hydrogen-bond acceptors (Lipinski definition) is 3. The Balaban J connectivity index is 2.80. The standard InChI is InChI=1S/C17H30FN3/c1-6-13(5)21(12(3)4)9-8-14(7-2)16-10-15(18)11-20-17(16)19/h7,10,12-13,20H,6,8-9,11,19H2,1-5H3/b14-7-. The molecule has 1 aliphatic rings. The molecule has 0 aromatic rings. The van der Waals surface area contributed by atoms with Gasteiger partial charge in [0.15, 0.2) is 0 Å². The molecule has 0 amide bonds. The minimum atomic E-state index is -0.166. The molecule has 0 aliphatic carbocycles. The van der Waals surface area contributed by atoms with Crippen molar-refractivity contribution in [3.63, 3.8) is 0 Å². The van der Waals surface area contributed by atoms with Crippen molar-refractivity contribution in [2.75, 3.05) is 13.1 Å². The van der Waals surface area contributed by atoms with E-state index in [0.717, 1.165) is 30.5 Å². The highest BCUT2D eigenvalue weighted by molar-refractivity contribution is 5.45. The molecular formula is C17H30FN3. The predicted molar refractivity (Wildman–Crippen MR) is 88.4 cm³/mol. The van der Waals surface area contributed by atoms with Gasteiger partial charge in [-0.1, -0.05) is 13.0 Å². The van der Waals surface area contributed by atoms with E-state index < -0.39 is 0 Å². The first-order valence-electron chi connectivity index (χ1n) is 7.91. The summed E-state index contributed by atoms with van der Waals surface area (Å²) in [6.07, 6.45) is 5.60. The molecule has 3 nitrogen and oxygen atoms in total. The zero-order valence-electron chi connectivity index (χ0n) is 14.0. The molecule has 0 spiro atoms. The van der Waals surface area contributed by atoms with E-state index >= 15 is 0 Å². The molecule has 0 saturated heterocycles. The summed E-state index contributed by atoms with van der Waals surface area (Å²) in [5, 5.41) is 2.90. The van der Waals surface area contributed by atoms with Gasteiger partial charge in [0, 0.05) is 24.2 Å². The van der Waals surface area contributed by atoms with Crippen LogP contribution in [0.4, 0.5) is 4.39 Å². The Morgan fingerprint density at radius 1 is 1.48 bits per heavy atom. The minimum Gasteiger partial charge on any atom is -0.385 e. The van der Waals surface area contributed by atoms with Gasteiger partial charge in [-0.05, 0) is 52.2 Å². The lowest BCUT2D eigenvalue weighted by molar-refractivity contribution is 0.162. The summed E-state index contributed by atoms with van der Waals surface area (Å²) in [6.45, 7) is 12.0. The molecule has 1 atom stereocenters. The van der Waals surface area contributed by atoms with Crippen LogP contribution in [0.3, 0.4) is 0 Å². The smallest absolute Gasteiger partial charge is 0.120 e. The average molecular weight is 295 g/mol. The van der Waals surface area contributed by atoms with Gasteiger partial charge in [0.25, 0.3) is 0 Å². The fraction of sp³-hybridized carbons (Fsp3) is 0.647. The highest BCUT2D eigenvalue weighted by atomic mass is 19.1. The van der Waals surface area contributed by atoms with Gasteiger partial charge < -0.3 is 11.1 Å². The Kier molecular flexibility index (Phi) is 6.96. The Morgan fingerprint density at radius 2 is 2.14 bits per heavy atom. The number of nitrogens with two attached hydrogens (primary N) is 1. The van der Waals surface area contributed by atoms with Crippen LogP contribution in [0.5, 0.6) is 0 Å². The molecule has 1 rings (SSSR count). The Bertz CT molecular complexity index is 435. The van der Waals surface area contributed by atoms with Gasteiger partial charge in [-0.2, -0.15) is 0 Å². The number of hydrogen-bond donors (Lipinski definition) is 2. The molecule has 3 N–H and O–H groups in total. The van der Waals surface area contributed by atoms with Gasteiger partial charge in [0.05, 0.1) is 6.54 Å². The minimum absolute atomic E-state index is 0.166. The Labute approximate surface area is 128 Å². The fourth-order valence-corrected chi connectivity index (χ4v) is 2.73. The van der Waals surface area contributed by atoms with E-state index in [1.165, 1.54) is 0 Å². The summed E-state index contributed by atoms with van der Waals surface area (Å²) in [6, 6.07) is 1.05. The quantitative estimate of drug-likeness (QED) is 0.756. The van der Waals surface area contributed by atoms with Crippen LogP contribution in [-0.4, -0.2) is 30.1 Å². The molecule has 1 aliphatic heterocycles. The fourth-order valence-electron chi connectivity index (χ4n) is 2.73. The van der Waals surface area contributed by atoms with Crippen LogP contribution < -0.4 is 11.1 Å².